The van der Waals surface area contributed by atoms with Gasteiger partial charge in [0, 0.05) is 19.1 Å². The summed E-state index contributed by atoms with van der Waals surface area (Å²) in [4.78, 5) is 13.4. The fourth-order valence-corrected chi connectivity index (χ4v) is 1.71. The van der Waals surface area contributed by atoms with Gasteiger partial charge in [-0.1, -0.05) is 13.8 Å². The summed E-state index contributed by atoms with van der Waals surface area (Å²) in [5.41, 5.74) is 0.169. The molecule has 0 radical (unpaired) electrons. The van der Waals surface area contributed by atoms with Crippen LogP contribution in [-0.2, 0) is 4.79 Å². The number of likely N-dealkylation sites (N-methyl/N-ethyl adjacent to an activating group) is 1. The van der Waals surface area contributed by atoms with Gasteiger partial charge in [-0.3, -0.25) is 4.79 Å². The highest BCUT2D eigenvalue weighted by atomic mass is 16.2. The first-order valence-corrected chi connectivity index (χ1v) is 5.06. The molecule has 2 N–H and O–H groups in total. The number of hydrogen-bond donors (Lipinski definition) is 2. The zero-order valence-corrected chi connectivity index (χ0v) is 9.55. The summed E-state index contributed by atoms with van der Waals surface area (Å²) in [6.07, 6.45) is 0. The van der Waals surface area contributed by atoms with Crippen molar-refractivity contribution in [2.45, 2.75) is 19.9 Å². The molecule has 0 aliphatic carbocycles. The summed E-state index contributed by atoms with van der Waals surface area (Å²) < 4.78 is 0. The Kier molecular flexibility index (Phi) is 3.50. The van der Waals surface area contributed by atoms with E-state index >= 15 is 0 Å². The molecule has 1 heterocycles. The molecule has 1 atom stereocenters. The molecule has 4 heteroatoms. The van der Waals surface area contributed by atoms with Gasteiger partial charge in [-0.05, 0) is 19.5 Å². The van der Waals surface area contributed by atoms with Crippen molar-refractivity contribution in [1.82, 2.24) is 15.5 Å². The van der Waals surface area contributed by atoms with Gasteiger partial charge in [-0.2, -0.15) is 0 Å². The van der Waals surface area contributed by atoms with Crippen LogP contribution in [0.4, 0.5) is 0 Å². The first-order chi connectivity index (χ1) is 6.42. The largest absolute Gasteiger partial charge is 0.350 e. The Morgan fingerprint density at radius 2 is 2.21 bits per heavy atom. The minimum absolute atomic E-state index is 0.108. The lowest BCUT2D eigenvalue weighted by Gasteiger charge is -2.27. The van der Waals surface area contributed by atoms with Crippen LogP contribution < -0.4 is 10.6 Å². The van der Waals surface area contributed by atoms with Crippen molar-refractivity contribution in [3.8, 4) is 0 Å². The van der Waals surface area contributed by atoms with Crippen LogP contribution in [0.25, 0.3) is 0 Å². The summed E-state index contributed by atoms with van der Waals surface area (Å²) in [6, 6.07) is 0.259. The number of carbonyl (C=O) groups is 1. The maximum Gasteiger partial charge on any atom is 0.234 e. The predicted octanol–water partition coefficient (Wildman–Crippen LogP) is -0.338. The maximum atomic E-state index is 11.5. The van der Waals surface area contributed by atoms with Crippen LogP contribution in [0.2, 0.25) is 0 Å². The van der Waals surface area contributed by atoms with Gasteiger partial charge in [-0.25, -0.2) is 0 Å². The van der Waals surface area contributed by atoms with Crippen LogP contribution in [0.1, 0.15) is 13.8 Å². The highest BCUT2D eigenvalue weighted by molar-refractivity contribution is 5.78. The van der Waals surface area contributed by atoms with Crippen molar-refractivity contribution in [3.05, 3.63) is 0 Å². The Morgan fingerprint density at radius 3 is 2.64 bits per heavy atom. The number of nitrogens with one attached hydrogen (secondary N) is 2. The van der Waals surface area contributed by atoms with E-state index in [0.29, 0.717) is 6.54 Å². The van der Waals surface area contributed by atoms with Gasteiger partial charge in [0.2, 0.25) is 5.91 Å². The van der Waals surface area contributed by atoms with Gasteiger partial charge in [0.1, 0.15) is 0 Å². The molecule has 0 bridgehead atoms. The van der Waals surface area contributed by atoms with Crippen molar-refractivity contribution in [3.63, 3.8) is 0 Å². The maximum absolute atomic E-state index is 11.5. The smallest absolute Gasteiger partial charge is 0.234 e. The van der Waals surface area contributed by atoms with Crippen molar-refractivity contribution in [1.29, 1.82) is 0 Å². The third kappa shape index (κ3) is 2.96. The first kappa shape index (κ1) is 11.5. The van der Waals surface area contributed by atoms with Gasteiger partial charge >= 0.3 is 0 Å². The molecule has 0 spiro atoms. The molecule has 1 saturated heterocycles. The summed E-state index contributed by atoms with van der Waals surface area (Å²) in [7, 11) is 3.80. The zero-order chi connectivity index (χ0) is 10.8. The molecule has 1 fully saturated rings. The van der Waals surface area contributed by atoms with Crippen molar-refractivity contribution < 1.29 is 4.79 Å². The SMILES string of the molecule is CN(C)CC(=O)NC1CNCC1(C)C. The molecule has 1 aliphatic heterocycles. The van der Waals surface area contributed by atoms with Gasteiger partial charge in [0.05, 0.1) is 6.54 Å². The molecule has 82 valence electrons. The molecule has 0 saturated carbocycles. The van der Waals surface area contributed by atoms with Gasteiger partial charge in [-0.15, -0.1) is 0 Å². The molecule has 1 rings (SSSR count). The third-order valence-electron chi connectivity index (χ3n) is 2.67. The highest BCUT2D eigenvalue weighted by Crippen LogP contribution is 2.23. The average molecular weight is 199 g/mol. The molecule has 0 aromatic heterocycles. The molecule has 1 unspecified atom stereocenters. The number of nitrogens with zero attached hydrogens (tertiary/aromatic N) is 1. The van der Waals surface area contributed by atoms with E-state index in [1.807, 2.05) is 19.0 Å². The minimum Gasteiger partial charge on any atom is -0.350 e. The van der Waals surface area contributed by atoms with Gasteiger partial charge < -0.3 is 15.5 Å². The minimum atomic E-state index is 0.108. The Labute approximate surface area is 86.0 Å². The fourth-order valence-electron chi connectivity index (χ4n) is 1.71. The molecule has 0 aromatic carbocycles. The summed E-state index contributed by atoms with van der Waals surface area (Å²) in [5, 5.41) is 6.35. The van der Waals surface area contributed by atoms with E-state index in [2.05, 4.69) is 24.5 Å². The van der Waals surface area contributed by atoms with Crippen LogP contribution in [0.3, 0.4) is 0 Å². The van der Waals surface area contributed by atoms with E-state index in [4.69, 9.17) is 0 Å². The Morgan fingerprint density at radius 1 is 1.57 bits per heavy atom. The number of hydrogen-bond acceptors (Lipinski definition) is 3. The lowest BCUT2D eigenvalue weighted by Crippen LogP contribution is -2.47. The molecular weight excluding hydrogens is 178 g/mol. The lowest BCUT2D eigenvalue weighted by atomic mass is 9.88. The molecule has 0 aromatic rings. The van der Waals surface area contributed by atoms with E-state index in [9.17, 15) is 4.79 Å². The van der Waals surface area contributed by atoms with Gasteiger partial charge in [0.25, 0.3) is 0 Å². The summed E-state index contributed by atoms with van der Waals surface area (Å²) in [6.45, 7) is 6.67. The highest BCUT2D eigenvalue weighted by Gasteiger charge is 2.35. The van der Waals surface area contributed by atoms with Crippen LogP contribution >= 0.6 is 0 Å². The molecule has 14 heavy (non-hydrogen) atoms. The summed E-state index contributed by atoms with van der Waals surface area (Å²) >= 11 is 0. The summed E-state index contributed by atoms with van der Waals surface area (Å²) in [5.74, 6) is 0.108. The second kappa shape index (κ2) is 4.28. The van der Waals surface area contributed by atoms with Crippen molar-refractivity contribution in [2.24, 2.45) is 5.41 Å². The van der Waals surface area contributed by atoms with Crippen LogP contribution in [0.5, 0.6) is 0 Å². The fraction of sp³-hybridized carbons (Fsp3) is 0.900. The molecular formula is C10H21N3O. The second-order valence-electron chi connectivity index (χ2n) is 4.98. The van der Waals surface area contributed by atoms with Crippen LogP contribution in [0, 0.1) is 5.41 Å². The lowest BCUT2D eigenvalue weighted by molar-refractivity contribution is -0.122. The van der Waals surface area contributed by atoms with E-state index in [1.54, 1.807) is 0 Å². The standard InChI is InChI=1S/C10H21N3O/c1-10(2)7-11-5-8(10)12-9(14)6-13(3)4/h8,11H,5-7H2,1-4H3,(H,12,14). The monoisotopic (exact) mass is 199 g/mol. The van der Waals surface area contributed by atoms with Crippen molar-refractivity contribution >= 4 is 5.91 Å². The van der Waals surface area contributed by atoms with Crippen molar-refractivity contribution in [2.75, 3.05) is 33.7 Å². The van der Waals surface area contributed by atoms with E-state index in [1.165, 1.54) is 0 Å². The topological polar surface area (TPSA) is 44.4 Å². The normalized spacial score (nSPS) is 25.4. The van der Waals surface area contributed by atoms with E-state index in [-0.39, 0.29) is 17.4 Å². The number of amides is 1. The average Bonchev–Trinajstić information content (AvgIpc) is 2.29. The Balaban J connectivity index is 2.40. The molecule has 4 nitrogen and oxygen atoms in total. The predicted molar refractivity (Wildman–Crippen MR) is 57.1 cm³/mol. The Bertz CT molecular complexity index is 213. The van der Waals surface area contributed by atoms with E-state index in [0.717, 1.165) is 13.1 Å². The third-order valence-corrected chi connectivity index (χ3v) is 2.67. The second-order valence-corrected chi connectivity index (χ2v) is 4.98. The Hall–Kier alpha value is -0.610. The van der Waals surface area contributed by atoms with Crippen LogP contribution in [0.15, 0.2) is 0 Å². The number of carbonyl (C=O) groups excluding carboxylic acids is 1. The van der Waals surface area contributed by atoms with Gasteiger partial charge in [0.15, 0.2) is 0 Å². The van der Waals surface area contributed by atoms with E-state index < -0.39 is 0 Å². The zero-order valence-electron chi connectivity index (χ0n) is 9.55. The quantitative estimate of drug-likeness (QED) is 0.654. The molecule has 1 amide bonds. The van der Waals surface area contributed by atoms with Crippen LogP contribution in [-0.4, -0.2) is 50.6 Å². The first-order valence-electron chi connectivity index (χ1n) is 5.06. The molecule has 1 aliphatic rings. The number of rotatable bonds is 3.